The Kier molecular flexibility index (Phi) is 520. The maximum Gasteiger partial charge on any atom is 2.00 e. The third-order valence-corrected chi connectivity index (χ3v) is 0. The monoisotopic (exact) mass is 115 g/mol. The van der Waals surface area contributed by atoms with Gasteiger partial charge in [-0.05, 0) is 0 Å². The molecule has 0 fully saturated rings. The van der Waals surface area contributed by atoms with Crippen molar-refractivity contribution in [3.63, 3.8) is 0 Å². The van der Waals surface area contributed by atoms with Gasteiger partial charge in [-0.1, -0.05) is 0 Å². The fourth-order valence-electron chi connectivity index (χ4n) is 0. The Morgan fingerprint density at radius 2 is 1.50 bits per heavy atom. The molecule has 0 saturated heterocycles. The van der Waals surface area contributed by atoms with Crippen molar-refractivity contribution in [3.05, 3.63) is 13.3 Å². The maximum atomic E-state index is 5.25. The summed E-state index contributed by atoms with van der Waals surface area (Å²) in [4.78, 5) is 0. The van der Waals surface area contributed by atoms with Gasteiger partial charge >= 0.3 is 18.6 Å². The van der Waals surface area contributed by atoms with Crippen LogP contribution in [0.3, 0.4) is 0 Å². The second-order valence-electron chi connectivity index (χ2n) is 0.204. The first-order chi connectivity index (χ1) is 2.41. The van der Waals surface area contributed by atoms with Gasteiger partial charge in [0, 0.05) is 0 Å². The molecule has 0 spiro atoms. The van der Waals surface area contributed by atoms with Crippen molar-refractivity contribution >= 4 is 0 Å². The Hall–Kier alpha value is -0.426. The average molecular weight is 115 g/mol. The van der Waals surface area contributed by atoms with Gasteiger partial charge in [0.05, 0.1) is 0 Å². The minimum Gasteiger partial charge on any atom is -0.697 e. The molecule has 0 aromatic heterocycles. The number of hydrogen-bond acceptors (Lipinski definition) is 0. The van der Waals surface area contributed by atoms with Gasteiger partial charge in [-0.3, -0.25) is 0 Å². The third kappa shape index (κ3) is 131. The fourth-order valence-corrected chi connectivity index (χ4v) is 0. The predicted molar refractivity (Wildman–Crippen MR) is 22.4 cm³/mol. The molecule has 0 heterocycles. The molecule has 6 heavy (non-hydrogen) atoms. The van der Waals surface area contributed by atoms with Gasteiger partial charge in [0.25, 0.3) is 0 Å². The molecule has 1 heteroatoms. The van der Waals surface area contributed by atoms with Gasteiger partial charge in [-0.25, -0.2) is 0 Å². The van der Waals surface area contributed by atoms with Crippen LogP contribution in [0.1, 0.15) is 0 Å². The zero-order valence-electron chi connectivity index (χ0n) is 3.31. The van der Waals surface area contributed by atoms with E-state index in [9.17, 15) is 0 Å². The van der Waals surface area contributed by atoms with Gasteiger partial charge in [-0.15, -0.1) is 0 Å². The molecule has 0 aromatic carbocycles. The van der Waals surface area contributed by atoms with Crippen LogP contribution in [0.4, 0.5) is 0 Å². The van der Waals surface area contributed by atoms with E-state index in [1.807, 2.05) is 5.92 Å². The molecule has 0 aliphatic rings. The Balaban J connectivity index is -0.0000000275. The van der Waals surface area contributed by atoms with Crippen LogP contribution in [0.15, 0.2) is 0 Å². The molecule has 0 aromatic rings. The van der Waals surface area contributed by atoms with Crippen LogP contribution in [0.25, 0.3) is 0 Å². The second-order valence-corrected chi connectivity index (χ2v) is 0.204. The Morgan fingerprint density at radius 1 is 1.50 bits per heavy atom. The summed E-state index contributed by atoms with van der Waals surface area (Å²) in [5.74, 6) is 2.00. The van der Waals surface area contributed by atoms with Crippen LogP contribution < -0.4 is 0 Å². The van der Waals surface area contributed by atoms with Crippen LogP contribution in [-0.2, 0) is 18.6 Å². The van der Waals surface area contributed by atoms with Crippen molar-refractivity contribution < 1.29 is 18.6 Å². The van der Waals surface area contributed by atoms with Crippen molar-refractivity contribution in [2.45, 2.75) is 0 Å². The summed E-state index contributed by atoms with van der Waals surface area (Å²) in [6.45, 7) is 3.01. The molecule has 0 rings (SSSR count). The fraction of sp³-hybridized carbons (Fsp3) is 0. The number of hydrogen-bond donors (Lipinski definition) is 0. The van der Waals surface area contributed by atoms with Crippen LogP contribution >= 0.6 is 0 Å². The van der Waals surface area contributed by atoms with Gasteiger partial charge in [0.2, 0.25) is 0 Å². The normalized spacial score (nSPS) is 1.50. The van der Waals surface area contributed by atoms with Crippen molar-refractivity contribution in [2.75, 3.05) is 0 Å². The topological polar surface area (TPSA) is 0 Å². The molecule has 0 aliphatic carbocycles. The molecule has 1 radical (unpaired) electrons. The summed E-state index contributed by atoms with van der Waals surface area (Å²) < 4.78 is 0. The standard InChI is InChI=1S/C3H3.C2H.V/c1-3-2;1-2;/h1H,2H2;1H;/q2*-1;+2. The van der Waals surface area contributed by atoms with E-state index in [-0.39, 0.29) is 18.6 Å². The molecule has 0 saturated carbocycles. The summed E-state index contributed by atoms with van der Waals surface area (Å²) in [5, 5.41) is 0. The SMILES string of the molecule is C#C[CH2-].[C-]#C.[V+2]. The molecule has 0 nitrogen and oxygen atoms in total. The zero-order chi connectivity index (χ0) is 4.71. The minimum atomic E-state index is 0. The van der Waals surface area contributed by atoms with E-state index in [0.29, 0.717) is 0 Å². The summed E-state index contributed by atoms with van der Waals surface area (Å²) in [7, 11) is 0. The van der Waals surface area contributed by atoms with Gasteiger partial charge < -0.3 is 25.2 Å². The largest absolute Gasteiger partial charge is 2.00 e. The van der Waals surface area contributed by atoms with E-state index in [4.69, 9.17) is 6.42 Å². The smallest absolute Gasteiger partial charge is 0.697 e. The van der Waals surface area contributed by atoms with Crippen LogP contribution in [0, 0.1) is 32.1 Å². The first-order valence-electron chi connectivity index (χ1n) is 0.931. The maximum absolute atomic E-state index is 5.25. The molecule has 0 bridgehead atoms. The summed E-state index contributed by atoms with van der Waals surface area (Å²) >= 11 is 0. The summed E-state index contributed by atoms with van der Waals surface area (Å²) in [5.41, 5.74) is 0. The van der Waals surface area contributed by atoms with Gasteiger partial charge in [0.15, 0.2) is 0 Å². The van der Waals surface area contributed by atoms with E-state index in [1.165, 1.54) is 0 Å². The molecule has 0 aliphatic heterocycles. The molecular formula is C5H4V. The van der Waals surface area contributed by atoms with Crippen molar-refractivity contribution in [1.82, 2.24) is 0 Å². The van der Waals surface area contributed by atoms with E-state index >= 15 is 0 Å². The Morgan fingerprint density at radius 3 is 1.50 bits per heavy atom. The third-order valence-electron chi connectivity index (χ3n) is 0. The average Bonchev–Trinajstić information content (AvgIpc) is 1.46. The Bertz CT molecular complexity index is 46.7. The number of rotatable bonds is 0. The van der Waals surface area contributed by atoms with E-state index in [1.54, 1.807) is 0 Å². The van der Waals surface area contributed by atoms with Gasteiger partial charge in [-0.2, -0.15) is 6.92 Å². The second kappa shape index (κ2) is 177. The van der Waals surface area contributed by atoms with Crippen molar-refractivity contribution in [3.8, 4) is 18.8 Å². The minimum absolute atomic E-state index is 0. The Labute approximate surface area is 51.2 Å². The molecule has 0 atom stereocenters. The van der Waals surface area contributed by atoms with Crippen molar-refractivity contribution in [1.29, 1.82) is 0 Å². The van der Waals surface area contributed by atoms with E-state index < -0.39 is 0 Å². The molecule has 29 valence electrons. The van der Waals surface area contributed by atoms with Crippen molar-refractivity contribution in [2.24, 2.45) is 0 Å². The summed E-state index contributed by atoms with van der Waals surface area (Å²) in [6, 6.07) is 0. The van der Waals surface area contributed by atoms with Crippen LogP contribution in [-0.4, -0.2) is 0 Å². The molecular weight excluding hydrogens is 111 g/mol. The van der Waals surface area contributed by atoms with Crippen LogP contribution in [0.2, 0.25) is 0 Å². The quantitative estimate of drug-likeness (QED) is 0.321. The first-order valence-corrected chi connectivity index (χ1v) is 0.931. The molecule has 0 unspecified atom stereocenters. The predicted octanol–water partition coefficient (Wildman–Crippen LogP) is 0.657. The van der Waals surface area contributed by atoms with E-state index in [2.05, 4.69) is 19.8 Å². The number of terminal acetylenes is 2. The zero-order valence-corrected chi connectivity index (χ0v) is 4.71. The van der Waals surface area contributed by atoms with E-state index in [0.717, 1.165) is 0 Å². The van der Waals surface area contributed by atoms with Crippen LogP contribution in [0.5, 0.6) is 0 Å². The summed E-state index contributed by atoms with van der Waals surface area (Å²) in [6.07, 6.45) is 13.5. The first kappa shape index (κ1) is 17.6. The molecule has 0 N–H and O–H groups in total. The van der Waals surface area contributed by atoms with Gasteiger partial charge in [0.1, 0.15) is 0 Å². The molecule has 0 amide bonds.